The average Bonchev–Trinajstić information content (AvgIpc) is 2.41. The van der Waals surface area contributed by atoms with E-state index in [-0.39, 0.29) is 16.6 Å². The number of anilines is 1. The quantitative estimate of drug-likeness (QED) is 0.853. The Hall–Kier alpha value is -2.34. The van der Waals surface area contributed by atoms with Crippen LogP contribution >= 0.6 is 0 Å². The second kappa shape index (κ2) is 5.57. The first kappa shape index (κ1) is 15.1. The van der Waals surface area contributed by atoms with Crippen LogP contribution in [0.2, 0.25) is 0 Å². The lowest BCUT2D eigenvalue weighted by Gasteiger charge is -2.09. The molecule has 2 rings (SSSR count). The van der Waals surface area contributed by atoms with Gasteiger partial charge in [-0.25, -0.2) is 8.42 Å². The van der Waals surface area contributed by atoms with Gasteiger partial charge in [0.2, 0.25) is 0 Å². The van der Waals surface area contributed by atoms with E-state index in [1.807, 2.05) is 0 Å². The largest absolute Gasteiger partial charge is 0.508 e. The van der Waals surface area contributed by atoms with Gasteiger partial charge in [0.25, 0.3) is 5.91 Å². The van der Waals surface area contributed by atoms with Crippen molar-refractivity contribution in [3.63, 3.8) is 0 Å². The Balaban J connectivity index is 2.21. The van der Waals surface area contributed by atoms with Crippen LogP contribution in [0.25, 0.3) is 0 Å². The molecule has 2 aromatic rings. The van der Waals surface area contributed by atoms with Crippen LogP contribution in [0.3, 0.4) is 0 Å². The second-order valence-corrected chi connectivity index (χ2v) is 6.77. The van der Waals surface area contributed by atoms with Crippen LogP contribution in [0.1, 0.15) is 15.9 Å². The molecule has 0 heterocycles. The van der Waals surface area contributed by atoms with Crippen molar-refractivity contribution in [2.24, 2.45) is 0 Å². The number of aryl methyl sites for hydroxylation is 1. The molecular formula is C15H15NO4S. The van der Waals surface area contributed by atoms with E-state index in [0.29, 0.717) is 11.3 Å². The molecule has 0 saturated carbocycles. The number of nitrogens with one attached hydrogen (secondary N) is 1. The molecule has 0 aliphatic carbocycles. The number of carbonyl (C=O) groups excluding carboxylic acids is 1. The van der Waals surface area contributed by atoms with E-state index < -0.39 is 9.84 Å². The maximum absolute atomic E-state index is 12.1. The van der Waals surface area contributed by atoms with Gasteiger partial charge >= 0.3 is 0 Å². The van der Waals surface area contributed by atoms with Gasteiger partial charge in [-0.2, -0.15) is 0 Å². The lowest BCUT2D eigenvalue weighted by Crippen LogP contribution is -2.12. The van der Waals surface area contributed by atoms with Crippen molar-refractivity contribution in [3.05, 3.63) is 53.6 Å². The van der Waals surface area contributed by atoms with Crippen molar-refractivity contribution >= 4 is 21.4 Å². The number of hydrogen-bond acceptors (Lipinski definition) is 4. The molecule has 2 aromatic carbocycles. The molecule has 1 amide bonds. The highest BCUT2D eigenvalue weighted by molar-refractivity contribution is 7.90. The van der Waals surface area contributed by atoms with Gasteiger partial charge in [0.1, 0.15) is 5.75 Å². The van der Waals surface area contributed by atoms with E-state index in [9.17, 15) is 18.3 Å². The van der Waals surface area contributed by atoms with E-state index >= 15 is 0 Å². The van der Waals surface area contributed by atoms with E-state index in [4.69, 9.17) is 0 Å². The molecule has 0 aromatic heterocycles. The Labute approximate surface area is 123 Å². The summed E-state index contributed by atoms with van der Waals surface area (Å²) in [4.78, 5) is 12.3. The fourth-order valence-corrected chi connectivity index (χ4v) is 2.47. The maximum atomic E-state index is 12.1. The number of benzene rings is 2. The van der Waals surface area contributed by atoms with Crippen LogP contribution in [-0.2, 0) is 9.84 Å². The lowest BCUT2D eigenvalue weighted by atomic mass is 10.1. The fourth-order valence-electron chi connectivity index (χ4n) is 1.84. The molecule has 110 valence electrons. The van der Waals surface area contributed by atoms with Gasteiger partial charge in [-0.1, -0.05) is 0 Å². The third-order valence-corrected chi connectivity index (χ3v) is 4.13. The zero-order valence-electron chi connectivity index (χ0n) is 11.6. The smallest absolute Gasteiger partial charge is 0.255 e. The van der Waals surface area contributed by atoms with Crippen molar-refractivity contribution < 1.29 is 18.3 Å². The molecule has 2 N–H and O–H groups in total. The summed E-state index contributed by atoms with van der Waals surface area (Å²) in [5, 5.41) is 12.0. The van der Waals surface area contributed by atoms with Crippen molar-refractivity contribution in [2.75, 3.05) is 11.6 Å². The first-order valence-corrected chi connectivity index (χ1v) is 8.07. The van der Waals surface area contributed by atoms with E-state index in [0.717, 1.165) is 11.8 Å². The van der Waals surface area contributed by atoms with E-state index in [1.165, 1.54) is 30.3 Å². The van der Waals surface area contributed by atoms with Crippen molar-refractivity contribution in [1.29, 1.82) is 0 Å². The number of phenols is 1. The molecule has 0 fully saturated rings. The highest BCUT2D eigenvalue weighted by Crippen LogP contribution is 2.21. The van der Waals surface area contributed by atoms with Crippen LogP contribution in [0.5, 0.6) is 5.75 Å². The van der Waals surface area contributed by atoms with Crippen molar-refractivity contribution in [3.8, 4) is 5.75 Å². The fraction of sp³-hybridized carbons (Fsp3) is 0.133. The van der Waals surface area contributed by atoms with E-state index in [1.54, 1.807) is 19.1 Å². The average molecular weight is 305 g/mol. The summed E-state index contributed by atoms with van der Waals surface area (Å²) in [5.74, 6) is -0.216. The Bertz CT molecular complexity index is 780. The zero-order valence-corrected chi connectivity index (χ0v) is 12.4. The number of hydrogen-bond donors (Lipinski definition) is 2. The normalized spacial score (nSPS) is 11.1. The number of amides is 1. The number of aromatic hydroxyl groups is 1. The Morgan fingerprint density at radius 2 is 1.71 bits per heavy atom. The van der Waals surface area contributed by atoms with E-state index in [2.05, 4.69) is 5.32 Å². The van der Waals surface area contributed by atoms with Gasteiger partial charge < -0.3 is 10.4 Å². The Morgan fingerprint density at radius 1 is 1.10 bits per heavy atom. The highest BCUT2D eigenvalue weighted by atomic mass is 32.2. The summed E-state index contributed by atoms with van der Waals surface area (Å²) in [6, 6.07) is 10.3. The summed E-state index contributed by atoms with van der Waals surface area (Å²) in [6.45, 7) is 1.77. The first-order valence-electron chi connectivity index (χ1n) is 6.18. The van der Waals surface area contributed by atoms with Gasteiger partial charge in [-0.3, -0.25) is 4.79 Å². The summed E-state index contributed by atoms with van der Waals surface area (Å²) in [5.41, 5.74) is 1.68. The van der Waals surface area contributed by atoms with Gasteiger partial charge in [0.15, 0.2) is 9.84 Å². The van der Waals surface area contributed by atoms with Gasteiger partial charge in [0.05, 0.1) is 4.90 Å². The minimum absolute atomic E-state index is 0.128. The molecule has 0 unspecified atom stereocenters. The van der Waals surface area contributed by atoms with Gasteiger partial charge in [-0.15, -0.1) is 0 Å². The first-order chi connectivity index (χ1) is 9.77. The lowest BCUT2D eigenvalue weighted by molar-refractivity contribution is 0.102. The van der Waals surface area contributed by atoms with Crippen LogP contribution in [0.15, 0.2) is 47.4 Å². The molecule has 21 heavy (non-hydrogen) atoms. The van der Waals surface area contributed by atoms with Crippen LogP contribution in [-0.4, -0.2) is 25.7 Å². The van der Waals surface area contributed by atoms with Crippen molar-refractivity contribution in [2.45, 2.75) is 11.8 Å². The number of phenolic OH excluding ortho intramolecular Hbond substituents is 1. The van der Waals surface area contributed by atoms with Crippen LogP contribution in [0.4, 0.5) is 5.69 Å². The third-order valence-electron chi connectivity index (χ3n) is 3.00. The maximum Gasteiger partial charge on any atom is 0.255 e. The molecule has 0 saturated heterocycles. The van der Waals surface area contributed by atoms with Crippen LogP contribution in [0, 0.1) is 6.92 Å². The molecule has 0 spiro atoms. The molecule has 0 radical (unpaired) electrons. The molecular weight excluding hydrogens is 290 g/mol. The minimum Gasteiger partial charge on any atom is -0.508 e. The molecule has 0 atom stereocenters. The molecule has 0 bridgehead atoms. The zero-order chi connectivity index (χ0) is 15.6. The molecule has 5 nitrogen and oxygen atoms in total. The van der Waals surface area contributed by atoms with Crippen LogP contribution < -0.4 is 5.32 Å². The number of carbonyl (C=O) groups is 1. The Morgan fingerprint density at radius 3 is 2.24 bits per heavy atom. The summed E-state index contributed by atoms with van der Waals surface area (Å²) in [7, 11) is -3.28. The topological polar surface area (TPSA) is 83.5 Å². The molecule has 0 aliphatic rings. The predicted molar refractivity (Wildman–Crippen MR) is 80.3 cm³/mol. The van der Waals surface area contributed by atoms with Gasteiger partial charge in [-0.05, 0) is 55.0 Å². The molecule has 6 heteroatoms. The summed E-state index contributed by atoms with van der Waals surface area (Å²) in [6.07, 6.45) is 1.11. The number of rotatable bonds is 3. The summed E-state index contributed by atoms with van der Waals surface area (Å²) >= 11 is 0. The molecule has 0 aliphatic heterocycles. The summed E-state index contributed by atoms with van der Waals surface area (Å²) < 4.78 is 22.7. The minimum atomic E-state index is -3.28. The number of sulfone groups is 1. The second-order valence-electron chi connectivity index (χ2n) is 4.75. The third kappa shape index (κ3) is 3.61. The van der Waals surface area contributed by atoms with Crippen molar-refractivity contribution in [1.82, 2.24) is 0 Å². The highest BCUT2D eigenvalue weighted by Gasteiger charge is 2.11. The predicted octanol–water partition coefficient (Wildman–Crippen LogP) is 2.36. The standard InChI is InChI=1S/C15H15NO4S/c1-10-9-12(17)5-8-14(10)16-15(18)11-3-6-13(7-4-11)21(2,19)20/h3-9,17H,1-2H3,(H,16,18). The van der Waals surface area contributed by atoms with Gasteiger partial charge in [0, 0.05) is 17.5 Å². The SMILES string of the molecule is Cc1cc(O)ccc1NC(=O)c1ccc(S(C)(=O)=O)cc1. The monoisotopic (exact) mass is 305 g/mol. The Kier molecular flexibility index (Phi) is 3.99.